The number of nitrogens with one attached hydrogen (secondary N) is 1. The smallest absolute Gasteiger partial charge is 0.251 e. The molecular formula is C34H38N2O3. The molecule has 0 aliphatic rings. The van der Waals surface area contributed by atoms with Gasteiger partial charge in [-0.05, 0) is 79.3 Å². The lowest BCUT2D eigenvalue weighted by Crippen LogP contribution is -2.23. The molecule has 1 N–H and O–H groups in total. The summed E-state index contributed by atoms with van der Waals surface area (Å²) in [4.78, 5) is 12.3. The molecule has 0 saturated carbocycles. The van der Waals surface area contributed by atoms with Crippen LogP contribution in [-0.4, -0.2) is 17.6 Å². The zero-order valence-electron chi connectivity index (χ0n) is 23.8. The minimum absolute atomic E-state index is 0.0426. The van der Waals surface area contributed by atoms with Crippen molar-refractivity contribution in [2.24, 2.45) is 0 Å². The minimum atomic E-state index is -0.0426. The molecule has 1 heterocycles. The predicted octanol–water partition coefficient (Wildman–Crippen LogP) is 8.28. The standard InChI is InChI=1S/C34H38N2O3/c1-7-18-35-34(37)28-13-9-12-26(20-28)14-15-27-16-17-29(19-25(27)6)38-21-30-32(36-39-33(30)22(2)3)31-23(4)10-8-11-24(31)5/h8-17,19-20,22H,7,18,21H2,1-6H3,(H,35,37)/b15-14+. The Morgan fingerprint density at radius 1 is 0.974 bits per heavy atom. The van der Waals surface area contributed by atoms with Crippen LogP contribution in [0.25, 0.3) is 23.4 Å². The number of ether oxygens (including phenoxy) is 1. The first-order chi connectivity index (χ1) is 18.8. The van der Waals surface area contributed by atoms with E-state index in [1.54, 1.807) is 0 Å². The lowest BCUT2D eigenvalue weighted by molar-refractivity contribution is 0.0953. The van der Waals surface area contributed by atoms with Crippen LogP contribution in [-0.2, 0) is 6.61 Å². The summed E-state index contributed by atoms with van der Waals surface area (Å²) >= 11 is 0. The summed E-state index contributed by atoms with van der Waals surface area (Å²) < 4.78 is 12.1. The number of amides is 1. The largest absolute Gasteiger partial charge is 0.489 e. The molecule has 1 aromatic heterocycles. The molecule has 0 atom stereocenters. The average molecular weight is 523 g/mol. The van der Waals surface area contributed by atoms with Crippen molar-refractivity contribution >= 4 is 18.1 Å². The van der Waals surface area contributed by atoms with Crippen LogP contribution in [0.15, 0.2) is 65.2 Å². The molecule has 39 heavy (non-hydrogen) atoms. The van der Waals surface area contributed by atoms with Gasteiger partial charge in [0.2, 0.25) is 0 Å². The van der Waals surface area contributed by atoms with Gasteiger partial charge in [-0.3, -0.25) is 4.79 Å². The van der Waals surface area contributed by atoms with Crippen molar-refractivity contribution in [2.45, 2.75) is 60.5 Å². The van der Waals surface area contributed by atoms with Crippen LogP contribution >= 0.6 is 0 Å². The average Bonchev–Trinajstić information content (AvgIpc) is 3.34. The Hall–Kier alpha value is -4.12. The molecule has 5 heteroatoms. The second kappa shape index (κ2) is 12.6. The molecule has 202 valence electrons. The SMILES string of the molecule is CCCNC(=O)c1cccc(/C=C/c2ccc(OCc3c(-c4c(C)cccc4C)noc3C(C)C)cc2C)c1. The molecule has 3 aromatic carbocycles. The molecule has 4 rings (SSSR count). The van der Waals surface area contributed by atoms with Gasteiger partial charge < -0.3 is 14.6 Å². The molecular weight excluding hydrogens is 484 g/mol. The second-order valence-corrected chi connectivity index (χ2v) is 10.3. The van der Waals surface area contributed by atoms with Gasteiger partial charge in [0.15, 0.2) is 0 Å². The molecule has 0 bridgehead atoms. The molecule has 0 aliphatic carbocycles. The molecule has 0 spiro atoms. The van der Waals surface area contributed by atoms with Crippen molar-refractivity contribution in [1.29, 1.82) is 0 Å². The summed E-state index contributed by atoms with van der Waals surface area (Å²) in [6, 6.07) is 20.0. The summed E-state index contributed by atoms with van der Waals surface area (Å²) in [6.45, 7) is 13.6. The van der Waals surface area contributed by atoms with Gasteiger partial charge in [0.25, 0.3) is 5.91 Å². The highest BCUT2D eigenvalue weighted by Gasteiger charge is 2.22. The van der Waals surface area contributed by atoms with Crippen molar-refractivity contribution in [3.05, 3.63) is 105 Å². The fraction of sp³-hybridized carbons (Fsp3) is 0.294. The highest BCUT2D eigenvalue weighted by atomic mass is 16.5. The zero-order chi connectivity index (χ0) is 27.9. The molecule has 0 fully saturated rings. The second-order valence-electron chi connectivity index (χ2n) is 10.3. The number of aromatic nitrogens is 1. The van der Waals surface area contributed by atoms with Gasteiger partial charge >= 0.3 is 0 Å². The topological polar surface area (TPSA) is 64.4 Å². The van der Waals surface area contributed by atoms with E-state index in [0.29, 0.717) is 18.7 Å². The quantitative estimate of drug-likeness (QED) is 0.213. The Morgan fingerprint density at radius 3 is 2.41 bits per heavy atom. The van der Waals surface area contributed by atoms with E-state index in [1.165, 1.54) is 11.1 Å². The van der Waals surface area contributed by atoms with E-state index in [1.807, 2.05) is 43.3 Å². The van der Waals surface area contributed by atoms with Crippen molar-refractivity contribution in [1.82, 2.24) is 10.5 Å². The summed E-state index contributed by atoms with van der Waals surface area (Å²) in [7, 11) is 0. The van der Waals surface area contributed by atoms with Gasteiger partial charge in [0.1, 0.15) is 23.8 Å². The van der Waals surface area contributed by atoms with Crippen LogP contribution in [0, 0.1) is 20.8 Å². The first-order valence-electron chi connectivity index (χ1n) is 13.6. The van der Waals surface area contributed by atoms with Crippen LogP contribution in [0.3, 0.4) is 0 Å². The number of hydrogen-bond donors (Lipinski definition) is 1. The Labute approximate surface area is 231 Å². The number of aryl methyl sites for hydroxylation is 3. The van der Waals surface area contributed by atoms with Crippen LogP contribution in [0.4, 0.5) is 0 Å². The summed E-state index contributed by atoms with van der Waals surface area (Å²) in [5.41, 5.74) is 9.13. The molecule has 0 saturated heterocycles. The number of hydrogen-bond acceptors (Lipinski definition) is 4. The monoisotopic (exact) mass is 522 g/mol. The van der Waals surface area contributed by atoms with E-state index in [-0.39, 0.29) is 11.8 Å². The van der Waals surface area contributed by atoms with Crippen molar-refractivity contribution in [3.8, 4) is 17.0 Å². The minimum Gasteiger partial charge on any atom is -0.489 e. The van der Waals surface area contributed by atoms with E-state index >= 15 is 0 Å². The highest BCUT2D eigenvalue weighted by Crippen LogP contribution is 2.34. The van der Waals surface area contributed by atoms with Gasteiger partial charge in [-0.1, -0.05) is 74.5 Å². The van der Waals surface area contributed by atoms with Gasteiger partial charge in [0.05, 0.1) is 5.56 Å². The van der Waals surface area contributed by atoms with Crippen LogP contribution in [0.1, 0.15) is 82.6 Å². The normalized spacial score (nSPS) is 11.4. The van der Waals surface area contributed by atoms with Crippen LogP contribution in [0.5, 0.6) is 5.75 Å². The molecule has 0 radical (unpaired) electrons. The number of carbonyl (C=O) groups is 1. The first-order valence-corrected chi connectivity index (χ1v) is 13.6. The molecule has 0 unspecified atom stereocenters. The number of nitrogens with zero attached hydrogens (tertiary/aromatic N) is 1. The molecule has 5 nitrogen and oxygen atoms in total. The molecule has 0 aliphatic heterocycles. The maximum Gasteiger partial charge on any atom is 0.251 e. The van der Waals surface area contributed by atoms with Crippen LogP contribution in [0.2, 0.25) is 0 Å². The molecule has 4 aromatic rings. The van der Waals surface area contributed by atoms with Crippen molar-refractivity contribution < 1.29 is 14.1 Å². The summed E-state index contributed by atoms with van der Waals surface area (Å²) in [5, 5.41) is 7.40. The lowest BCUT2D eigenvalue weighted by Gasteiger charge is -2.12. The predicted molar refractivity (Wildman–Crippen MR) is 159 cm³/mol. The number of carbonyl (C=O) groups excluding carboxylic acids is 1. The summed E-state index contributed by atoms with van der Waals surface area (Å²) in [6.07, 6.45) is 5.01. The third kappa shape index (κ3) is 6.66. The Balaban J connectivity index is 1.51. The van der Waals surface area contributed by atoms with E-state index in [2.05, 4.69) is 81.5 Å². The van der Waals surface area contributed by atoms with Crippen molar-refractivity contribution in [2.75, 3.05) is 6.54 Å². The van der Waals surface area contributed by atoms with E-state index < -0.39 is 0 Å². The van der Waals surface area contributed by atoms with Gasteiger partial charge in [-0.2, -0.15) is 0 Å². The van der Waals surface area contributed by atoms with E-state index in [4.69, 9.17) is 9.26 Å². The van der Waals surface area contributed by atoms with E-state index in [9.17, 15) is 4.79 Å². The summed E-state index contributed by atoms with van der Waals surface area (Å²) in [5.74, 6) is 1.80. The molecule has 1 amide bonds. The van der Waals surface area contributed by atoms with Gasteiger partial charge in [0, 0.05) is 23.6 Å². The first kappa shape index (κ1) is 27.9. The zero-order valence-corrected chi connectivity index (χ0v) is 23.8. The number of benzene rings is 3. The Morgan fingerprint density at radius 2 is 1.72 bits per heavy atom. The van der Waals surface area contributed by atoms with Gasteiger partial charge in [-0.15, -0.1) is 0 Å². The van der Waals surface area contributed by atoms with Gasteiger partial charge in [-0.25, -0.2) is 0 Å². The van der Waals surface area contributed by atoms with Crippen LogP contribution < -0.4 is 10.1 Å². The Kier molecular flexibility index (Phi) is 9.03. The fourth-order valence-electron chi connectivity index (χ4n) is 4.69. The lowest BCUT2D eigenvalue weighted by atomic mass is 9.95. The maximum atomic E-state index is 12.3. The number of rotatable bonds is 10. The third-order valence-electron chi connectivity index (χ3n) is 6.83. The van der Waals surface area contributed by atoms with E-state index in [0.717, 1.165) is 51.4 Å². The van der Waals surface area contributed by atoms with Crippen molar-refractivity contribution in [3.63, 3.8) is 0 Å². The third-order valence-corrected chi connectivity index (χ3v) is 6.83. The maximum absolute atomic E-state index is 12.3. The highest BCUT2D eigenvalue weighted by molar-refractivity contribution is 5.95. The fourth-order valence-corrected chi connectivity index (χ4v) is 4.69. The Bertz CT molecular complexity index is 1460.